The second kappa shape index (κ2) is 2.77. The van der Waals surface area contributed by atoms with Crippen molar-refractivity contribution < 1.29 is 9.21 Å². The third-order valence-electron chi connectivity index (χ3n) is 2.17. The molecule has 14 heavy (non-hydrogen) atoms. The van der Waals surface area contributed by atoms with Gasteiger partial charge in [0.05, 0.1) is 5.69 Å². The minimum atomic E-state index is -0.583. The first kappa shape index (κ1) is 8.62. The molecule has 2 aromatic rings. The zero-order valence-electron chi connectivity index (χ0n) is 7.70. The lowest BCUT2D eigenvalue weighted by molar-refractivity contribution is 0.0976. The molecule has 0 fully saturated rings. The van der Waals surface area contributed by atoms with Crippen molar-refractivity contribution in [2.75, 3.05) is 5.73 Å². The molecule has 0 radical (unpaired) electrons. The molecule has 0 spiro atoms. The molecule has 0 unspecified atom stereocenters. The average Bonchev–Trinajstić information content (AvgIpc) is 2.57. The third kappa shape index (κ3) is 1.12. The van der Waals surface area contributed by atoms with Crippen molar-refractivity contribution >= 4 is 22.6 Å². The van der Waals surface area contributed by atoms with Gasteiger partial charge >= 0.3 is 0 Å². The van der Waals surface area contributed by atoms with E-state index in [1.165, 1.54) is 0 Å². The topological polar surface area (TPSA) is 82.2 Å². The van der Waals surface area contributed by atoms with Crippen LogP contribution < -0.4 is 11.5 Å². The van der Waals surface area contributed by atoms with Gasteiger partial charge in [-0.3, -0.25) is 4.79 Å². The van der Waals surface area contributed by atoms with Gasteiger partial charge in [0.15, 0.2) is 11.3 Å². The summed E-state index contributed by atoms with van der Waals surface area (Å²) in [5, 5.41) is 0.832. The van der Waals surface area contributed by atoms with Crippen molar-refractivity contribution in [2.45, 2.75) is 6.92 Å². The third-order valence-corrected chi connectivity index (χ3v) is 2.17. The second-order valence-electron chi connectivity index (χ2n) is 3.19. The van der Waals surface area contributed by atoms with Crippen LogP contribution >= 0.6 is 0 Å². The lowest BCUT2D eigenvalue weighted by atomic mass is 10.1. The van der Waals surface area contributed by atoms with E-state index in [0.717, 1.165) is 10.9 Å². The number of amides is 1. The van der Waals surface area contributed by atoms with Gasteiger partial charge in [0, 0.05) is 5.39 Å². The zero-order chi connectivity index (χ0) is 10.3. The fourth-order valence-electron chi connectivity index (χ4n) is 1.40. The predicted octanol–water partition coefficient (Wildman–Crippen LogP) is 1.42. The molecule has 2 rings (SSSR count). The molecule has 4 N–H and O–H groups in total. The number of primary amides is 1. The first-order valence-corrected chi connectivity index (χ1v) is 4.18. The zero-order valence-corrected chi connectivity index (χ0v) is 7.70. The molecule has 1 aromatic carbocycles. The maximum atomic E-state index is 10.9. The van der Waals surface area contributed by atoms with E-state index >= 15 is 0 Å². The van der Waals surface area contributed by atoms with Gasteiger partial charge in [0.2, 0.25) is 0 Å². The molecule has 72 valence electrons. The number of carbonyl (C=O) groups is 1. The van der Waals surface area contributed by atoms with Crippen molar-refractivity contribution in [3.8, 4) is 0 Å². The summed E-state index contributed by atoms with van der Waals surface area (Å²) in [6, 6.07) is 5.23. The van der Waals surface area contributed by atoms with Gasteiger partial charge < -0.3 is 15.9 Å². The minimum absolute atomic E-state index is 0.140. The molecule has 1 amide bonds. The van der Waals surface area contributed by atoms with Crippen molar-refractivity contribution in [2.24, 2.45) is 5.73 Å². The van der Waals surface area contributed by atoms with E-state index < -0.39 is 5.91 Å². The molecule has 0 saturated carbocycles. The van der Waals surface area contributed by atoms with E-state index in [1.807, 2.05) is 13.0 Å². The molecule has 0 aliphatic heterocycles. The van der Waals surface area contributed by atoms with E-state index in [2.05, 4.69) is 0 Å². The first-order valence-electron chi connectivity index (χ1n) is 4.18. The smallest absolute Gasteiger partial charge is 0.284 e. The Bertz CT molecular complexity index is 475. The second-order valence-corrected chi connectivity index (χ2v) is 3.19. The molecule has 0 aliphatic carbocycles. The van der Waals surface area contributed by atoms with Gasteiger partial charge in [-0.1, -0.05) is 6.07 Å². The number of hydrogen-bond donors (Lipinski definition) is 2. The van der Waals surface area contributed by atoms with Crippen LogP contribution in [0.5, 0.6) is 0 Å². The number of carbonyl (C=O) groups excluding carboxylic acids is 1. The van der Waals surface area contributed by atoms with Crippen molar-refractivity contribution in [3.05, 3.63) is 29.5 Å². The summed E-state index contributed by atoms with van der Waals surface area (Å²) < 4.78 is 5.24. The molecule has 0 aliphatic rings. The van der Waals surface area contributed by atoms with E-state index in [-0.39, 0.29) is 5.76 Å². The maximum absolute atomic E-state index is 10.9. The number of nitrogen functional groups attached to an aromatic ring is 1. The highest BCUT2D eigenvalue weighted by Crippen LogP contribution is 2.27. The van der Waals surface area contributed by atoms with E-state index in [1.54, 1.807) is 12.1 Å². The highest BCUT2D eigenvalue weighted by atomic mass is 16.3. The van der Waals surface area contributed by atoms with Gasteiger partial charge in [-0.15, -0.1) is 0 Å². The van der Waals surface area contributed by atoms with Crippen LogP contribution in [0.25, 0.3) is 11.0 Å². The summed E-state index contributed by atoms with van der Waals surface area (Å²) in [5.74, 6) is -0.444. The van der Waals surface area contributed by atoms with Crippen molar-refractivity contribution in [1.82, 2.24) is 0 Å². The van der Waals surface area contributed by atoms with Gasteiger partial charge in [0.25, 0.3) is 5.91 Å². The Morgan fingerprint density at radius 1 is 1.43 bits per heavy atom. The van der Waals surface area contributed by atoms with Crippen LogP contribution in [-0.4, -0.2) is 5.91 Å². The monoisotopic (exact) mass is 190 g/mol. The first-order chi connectivity index (χ1) is 6.59. The molecule has 0 saturated heterocycles. The van der Waals surface area contributed by atoms with Crippen LogP contribution in [0.2, 0.25) is 0 Å². The number of aryl methyl sites for hydroxylation is 1. The van der Waals surface area contributed by atoms with E-state index in [9.17, 15) is 4.79 Å². The van der Waals surface area contributed by atoms with Crippen LogP contribution in [0.1, 0.15) is 16.1 Å². The molecule has 0 bridgehead atoms. The number of nitrogens with two attached hydrogens (primary N) is 2. The summed E-state index contributed by atoms with van der Waals surface area (Å²) in [5.41, 5.74) is 12.8. The van der Waals surface area contributed by atoms with Crippen LogP contribution in [-0.2, 0) is 0 Å². The van der Waals surface area contributed by atoms with E-state index in [4.69, 9.17) is 15.9 Å². The quantitative estimate of drug-likeness (QED) is 0.667. The number of rotatable bonds is 1. The highest BCUT2D eigenvalue weighted by molar-refractivity contribution is 5.98. The Morgan fingerprint density at radius 3 is 2.71 bits per heavy atom. The summed E-state index contributed by atoms with van der Waals surface area (Å²) >= 11 is 0. The van der Waals surface area contributed by atoms with Crippen LogP contribution in [0.15, 0.2) is 22.6 Å². The number of furan rings is 1. The fourth-order valence-corrected chi connectivity index (χ4v) is 1.40. The Hall–Kier alpha value is -1.97. The van der Waals surface area contributed by atoms with Gasteiger partial charge in [-0.25, -0.2) is 0 Å². The number of fused-ring (bicyclic) bond motifs is 1. The molecule has 4 heteroatoms. The lowest BCUT2D eigenvalue weighted by Crippen LogP contribution is -2.09. The Labute approximate surface area is 80.5 Å². The molecular weight excluding hydrogens is 180 g/mol. The summed E-state index contributed by atoms with van der Waals surface area (Å²) in [6.07, 6.45) is 0. The predicted molar refractivity (Wildman–Crippen MR) is 53.9 cm³/mol. The van der Waals surface area contributed by atoms with Crippen molar-refractivity contribution in [3.63, 3.8) is 0 Å². The van der Waals surface area contributed by atoms with E-state index in [0.29, 0.717) is 11.3 Å². The number of hydrogen-bond acceptors (Lipinski definition) is 3. The molecular formula is C10H10N2O2. The number of anilines is 1. The van der Waals surface area contributed by atoms with Gasteiger partial charge in [0.1, 0.15) is 0 Å². The molecule has 0 atom stereocenters. The van der Waals surface area contributed by atoms with Gasteiger partial charge in [-0.05, 0) is 24.6 Å². The summed E-state index contributed by atoms with van der Waals surface area (Å²) in [7, 11) is 0. The summed E-state index contributed by atoms with van der Waals surface area (Å²) in [6.45, 7) is 1.92. The maximum Gasteiger partial charge on any atom is 0.284 e. The van der Waals surface area contributed by atoms with Crippen molar-refractivity contribution in [1.29, 1.82) is 0 Å². The standard InChI is InChI=1S/C10H10N2O2/c1-5-2-3-7(11)9-6(5)4-8(14-9)10(12)13/h2-4H,11H2,1H3,(H2,12,13). The van der Waals surface area contributed by atoms with Crippen LogP contribution in [0.4, 0.5) is 5.69 Å². The van der Waals surface area contributed by atoms with Gasteiger partial charge in [-0.2, -0.15) is 0 Å². The summed E-state index contributed by atoms with van der Waals surface area (Å²) in [4.78, 5) is 10.9. The lowest BCUT2D eigenvalue weighted by Gasteiger charge is -1.96. The van der Waals surface area contributed by atoms with Crippen LogP contribution in [0, 0.1) is 6.92 Å². The Morgan fingerprint density at radius 2 is 2.14 bits per heavy atom. The van der Waals surface area contributed by atoms with Crippen LogP contribution in [0.3, 0.4) is 0 Å². The molecule has 4 nitrogen and oxygen atoms in total. The SMILES string of the molecule is Cc1ccc(N)c2oc(C(N)=O)cc12. The normalized spacial score (nSPS) is 10.6. The Balaban J connectivity index is 2.82. The number of benzene rings is 1. The highest BCUT2D eigenvalue weighted by Gasteiger charge is 2.11. The molecule has 1 heterocycles. The molecule has 1 aromatic heterocycles. The fraction of sp³-hybridized carbons (Fsp3) is 0.100. The average molecular weight is 190 g/mol. The minimum Gasteiger partial charge on any atom is -0.449 e. The Kier molecular flexibility index (Phi) is 1.70. The largest absolute Gasteiger partial charge is 0.449 e.